The lowest BCUT2D eigenvalue weighted by Crippen LogP contribution is -2.54. The predicted octanol–water partition coefficient (Wildman–Crippen LogP) is -1.33. The van der Waals surface area contributed by atoms with Crippen LogP contribution in [0.4, 0.5) is 0 Å². The first-order valence-corrected chi connectivity index (χ1v) is 10.3. The molecule has 1 aliphatic heterocycles. The Morgan fingerprint density at radius 3 is 2.62 bits per heavy atom. The number of likely N-dealkylation sites (tertiary alicyclic amines) is 1. The van der Waals surface area contributed by atoms with Gasteiger partial charge in [0.2, 0.25) is 17.7 Å². The van der Waals surface area contributed by atoms with E-state index in [-0.39, 0.29) is 12.3 Å². The predicted molar refractivity (Wildman–Crippen MR) is 102 cm³/mol. The van der Waals surface area contributed by atoms with Crippen molar-refractivity contribution in [2.75, 3.05) is 30.9 Å². The highest BCUT2D eigenvalue weighted by atomic mass is 32.2. The van der Waals surface area contributed by atoms with Crippen LogP contribution in [0.2, 0.25) is 0 Å². The molecular weight excluding hydrogens is 380 g/mol. The van der Waals surface area contributed by atoms with Crippen LogP contribution in [-0.4, -0.2) is 82.7 Å². The molecule has 148 valence electrons. The second-order valence-corrected chi connectivity index (χ2v) is 7.28. The van der Waals surface area contributed by atoms with Crippen LogP contribution in [0, 0.1) is 0 Å². The molecule has 3 atom stereocenters. The largest absolute Gasteiger partial charge is 0.480 e. The molecule has 26 heavy (non-hydrogen) atoms. The van der Waals surface area contributed by atoms with Crippen LogP contribution in [0.25, 0.3) is 0 Å². The van der Waals surface area contributed by atoms with Gasteiger partial charge in [-0.15, -0.1) is 0 Å². The fourth-order valence-electron chi connectivity index (χ4n) is 2.58. The van der Waals surface area contributed by atoms with E-state index in [1.54, 1.807) is 0 Å². The molecule has 3 unspecified atom stereocenters. The van der Waals surface area contributed by atoms with Crippen molar-refractivity contribution < 1.29 is 24.3 Å². The quantitative estimate of drug-likeness (QED) is 0.283. The molecule has 0 aromatic rings. The van der Waals surface area contributed by atoms with Crippen molar-refractivity contribution in [2.24, 2.45) is 5.73 Å². The van der Waals surface area contributed by atoms with Gasteiger partial charge in [-0.2, -0.15) is 24.4 Å². The molecule has 0 saturated carbocycles. The first-order valence-electron chi connectivity index (χ1n) is 8.27. The van der Waals surface area contributed by atoms with Crippen molar-refractivity contribution in [2.45, 2.75) is 37.4 Å². The minimum absolute atomic E-state index is 0.146. The smallest absolute Gasteiger partial charge is 0.326 e. The molecule has 1 rings (SSSR count). The molecule has 0 spiro atoms. The van der Waals surface area contributed by atoms with Crippen molar-refractivity contribution in [1.82, 2.24) is 15.5 Å². The highest BCUT2D eigenvalue weighted by Crippen LogP contribution is 2.17. The molecule has 0 radical (unpaired) electrons. The number of aliphatic carboxylic acids is 1. The van der Waals surface area contributed by atoms with Crippen molar-refractivity contribution in [3.05, 3.63) is 0 Å². The van der Waals surface area contributed by atoms with Gasteiger partial charge in [-0.05, 0) is 31.3 Å². The maximum Gasteiger partial charge on any atom is 0.326 e. The average Bonchev–Trinajstić information content (AvgIpc) is 3.12. The molecular formula is C15H26N4O5S2. The van der Waals surface area contributed by atoms with E-state index in [0.717, 1.165) is 0 Å². The van der Waals surface area contributed by atoms with E-state index in [2.05, 4.69) is 23.3 Å². The van der Waals surface area contributed by atoms with Crippen LogP contribution in [-0.2, 0) is 19.2 Å². The van der Waals surface area contributed by atoms with Gasteiger partial charge in [0.15, 0.2) is 0 Å². The van der Waals surface area contributed by atoms with E-state index < -0.39 is 41.8 Å². The van der Waals surface area contributed by atoms with Crippen LogP contribution >= 0.6 is 24.4 Å². The summed E-state index contributed by atoms with van der Waals surface area (Å²) in [6.45, 7) is 0.0436. The monoisotopic (exact) mass is 406 g/mol. The number of rotatable bonds is 10. The zero-order valence-electron chi connectivity index (χ0n) is 14.6. The molecule has 11 heteroatoms. The molecule has 0 bridgehead atoms. The van der Waals surface area contributed by atoms with E-state index in [1.807, 2.05) is 6.26 Å². The fraction of sp³-hybridized carbons (Fsp3) is 0.733. The number of amides is 3. The lowest BCUT2D eigenvalue weighted by Gasteiger charge is -2.23. The summed E-state index contributed by atoms with van der Waals surface area (Å²) in [5.74, 6) is -1.71. The standard InChI is InChI=1S/C15H26N4O5S2/c1-26-6-4-10(18-13(21)9(16)8-25)14(22)17-7-12(20)19-5-2-3-11(19)15(23)24/h9-11,25H,2-8,16H2,1H3,(H,17,22)(H,18,21)(H,23,24). The molecule has 1 fully saturated rings. The number of thioether (sulfide) groups is 1. The number of hydrogen-bond acceptors (Lipinski definition) is 7. The lowest BCUT2D eigenvalue weighted by molar-refractivity contribution is -0.148. The zero-order chi connectivity index (χ0) is 19.7. The minimum atomic E-state index is -1.05. The summed E-state index contributed by atoms with van der Waals surface area (Å²) in [6, 6.07) is -2.49. The van der Waals surface area contributed by atoms with E-state index >= 15 is 0 Å². The van der Waals surface area contributed by atoms with Gasteiger partial charge in [-0.3, -0.25) is 14.4 Å². The third-order valence-electron chi connectivity index (χ3n) is 4.05. The highest BCUT2D eigenvalue weighted by molar-refractivity contribution is 7.98. The van der Waals surface area contributed by atoms with Crippen LogP contribution in [0.5, 0.6) is 0 Å². The van der Waals surface area contributed by atoms with E-state index in [9.17, 15) is 19.2 Å². The Kier molecular flexibility index (Phi) is 9.81. The first kappa shape index (κ1) is 22.6. The topological polar surface area (TPSA) is 142 Å². The number of nitrogens with one attached hydrogen (secondary N) is 2. The Labute approximate surface area is 162 Å². The third-order valence-corrected chi connectivity index (χ3v) is 5.09. The normalized spacial score (nSPS) is 18.9. The molecule has 0 aromatic heterocycles. The number of carboxylic acid groups (broad SMARTS) is 1. The molecule has 9 nitrogen and oxygen atoms in total. The highest BCUT2D eigenvalue weighted by Gasteiger charge is 2.34. The summed E-state index contributed by atoms with van der Waals surface area (Å²) in [4.78, 5) is 48.9. The van der Waals surface area contributed by atoms with E-state index in [1.165, 1.54) is 16.7 Å². The van der Waals surface area contributed by atoms with Gasteiger partial charge in [-0.25, -0.2) is 4.79 Å². The van der Waals surface area contributed by atoms with Crippen LogP contribution in [0.3, 0.4) is 0 Å². The molecule has 1 aliphatic rings. The summed E-state index contributed by atoms with van der Waals surface area (Å²) in [7, 11) is 0. The van der Waals surface area contributed by atoms with E-state index in [0.29, 0.717) is 31.6 Å². The second kappa shape index (κ2) is 11.3. The van der Waals surface area contributed by atoms with Crippen molar-refractivity contribution in [1.29, 1.82) is 0 Å². The first-order chi connectivity index (χ1) is 12.3. The Balaban J connectivity index is 2.60. The van der Waals surface area contributed by atoms with Gasteiger partial charge in [0.1, 0.15) is 12.1 Å². The molecule has 1 heterocycles. The summed E-state index contributed by atoms with van der Waals surface area (Å²) < 4.78 is 0. The number of hydrogen-bond donors (Lipinski definition) is 5. The molecule has 5 N–H and O–H groups in total. The third kappa shape index (κ3) is 6.69. The van der Waals surface area contributed by atoms with Gasteiger partial charge in [0.05, 0.1) is 12.6 Å². The molecule has 0 aliphatic carbocycles. The second-order valence-electron chi connectivity index (χ2n) is 5.93. The van der Waals surface area contributed by atoms with Crippen molar-refractivity contribution in [3.8, 4) is 0 Å². The number of thiol groups is 1. The van der Waals surface area contributed by atoms with Gasteiger partial charge >= 0.3 is 5.97 Å². The number of carbonyl (C=O) groups excluding carboxylic acids is 3. The Hall–Kier alpha value is -1.46. The number of nitrogens with zero attached hydrogens (tertiary/aromatic N) is 1. The van der Waals surface area contributed by atoms with Gasteiger partial charge in [0, 0.05) is 12.3 Å². The fourth-order valence-corrected chi connectivity index (χ4v) is 3.21. The van der Waals surface area contributed by atoms with Gasteiger partial charge in [0.25, 0.3) is 0 Å². The minimum Gasteiger partial charge on any atom is -0.480 e. The van der Waals surface area contributed by atoms with Crippen LogP contribution in [0.15, 0.2) is 0 Å². The number of carbonyl (C=O) groups is 4. The lowest BCUT2D eigenvalue weighted by atomic mass is 10.2. The van der Waals surface area contributed by atoms with Crippen LogP contribution < -0.4 is 16.4 Å². The van der Waals surface area contributed by atoms with Gasteiger partial charge < -0.3 is 26.4 Å². The van der Waals surface area contributed by atoms with E-state index in [4.69, 9.17) is 10.8 Å². The van der Waals surface area contributed by atoms with Crippen LogP contribution in [0.1, 0.15) is 19.3 Å². The molecule has 0 aromatic carbocycles. The summed E-state index contributed by atoms with van der Waals surface area (Å²) in [6.07, 6.45) is 3.28. The average molecular weight is 407 g/mol. The molecule has 3 amide bonds. The maximum absolute atomic E-state index is 12.3. The van der Waals surface area contributed by atoms with Crippen molar-refractivity contribution in [3.63, 3.8) is 0 Å². The summed E-state index contributed by atoms with van der Waals surface area (Å²) in [5, 5.41) is 14.2. The van der Waals surface area contributed by atoms with Crippen molar-refractivity contribution >= 4 is 48.1 Å². The Morgan fingerprint density at radius 1 is 1.35 bits per heavy atom. The summed E-state index contributed by atoms with van der Waals surface area (Å²) in [5.41, 5.74) is 5.60. The molecule has 1 saturated heterocycles. The summed E-state index contributed by atoms with van der Waals surface area (Å²) >= 11 is 5.47. The Bertz CT molecular complexity index is 534. The SMILES string of the molecule is CSCCC(NC(=O)C(N)CS)C(=O)NCC(=O)N1CCCC1C(=O)O. The number of carboxylic acids is 1. The van der Waals surface area contributed by atoms with Gasteiger partial charge in [-0.1, -0.05) is 0 Å². The maximum atomic E-state index is 12.3. The zero-order valence-corrected chi connectivity index (χ0v) is 16.4. The number of nitrogens with two attached hydrogens (primary N) is 1. The Morgan fingerprint density at radius 2 is 2.04 bits per heavy atom.